The number of alkyl halides is 1. The number of hydrogen-bond acceptors (Lipinski definition) is 6. The molecule has 7 nitrogen and oxygen atoms in total. The molecule has 2 bridgehead atoms. The van der Waals surface area contributed by atoms with E-state index < -0.39 is 22.6 Å². The largest absolute Gasteiger partial charge is 0.465 e. The molecule has 1 N–H and O–H groups in total. The second-order valence-corrected chi connectivity index (χ2v) is 13.8. The molecule has 1 spiro atoms. The van der Waals surface area contributed by atoms with Gasteiger partial charge < -0.3 is 19.6 Å². The standard InChI is InChI=1S/C31H41BrN2O5S/c1-5-7-18-39-30(38)23-24-28(36)34(16-10-8-9-11-17-35)27(31(24)19-22(32)26(23)40-31)29(37)33(15-6-2)25-20(3)13-12-14-21(25)4/h5-6,12-14,22-24,26-27,35H,1-2,7-11,15-19H2,3-4H3/t22?,23-,24-,26-,27?,31?/m0/s1. The highest BCUT2D eigenvalue weighted by atomic mass is 79.9. The number of benzene rings is 1. The van der Waals surface area contributed by atoms with Gasteiger partial charge in [-0.05, 0) is 50.7 Å². The first-order chi connectivity index (χ1) is 19.2. The van der Waals surface area contributed by atoms with Crippen molar-refractivity contribution in [3.8, 4) is 0 Å². The number of rotatable bonds is 14. The number of thioether (sulfide) groups is 1. The number of amides is 2. The van der Waals surface area contributed by atoms with E-state index in [1.165, 1.54) is 0 Å². The van der Waals surface area contributed by atoms with E-state index in [0.717, 1.165) is 36.1 Å². The molecule has 0 radical (unpaired) electrons. The van der Waals surface area contributed by atoms with Gasteiger partial charge in [0.2, 0.25) is 5.91 Å². The minimum Gasteiger partial charge on any atom is -0.465 e. The number of fused-ring (bicyclic) bond motifs is 1. The van der Waals surface area contributed by atoms with Gasteiger partial charge in [0.05, 0.1) is 23.2 Å². The summed E-state index contributed by atoms with van der Waals surface area (Å²) >= 11 is 5.44. The molecule has 1 aromatic rings. The van der Waals surface area contributed by atoms with E-state index in [9.17, 15) is 19.5 Å². The maximum atomic E-state index is 14.7. The topological polar surface area (TPSA) is 87.1 Å². The third-order valence-electron chi connectivity index (χ3n) is 8.46. The molecule has 3 unspecified atom stereocenters. The van der Waals surface area contributed by atoms with Gasteiger partial charge in [-0.1, -0.05) is 59.1 Å². The fourth-order valence-electron chi connectivity index (χ4n) is 6.80. The normalized spacial score (nSPS) is 28.4. The molecular formula is C31H41BrN2O5S. The summed E-state index contributed by atoms with van der Waals surface area (Å²) in [4.78, 5) is 45.9. The van der Waals surface area contributed by atoms with Gasteiger partial charge in [0.1, 0.15) is 6.04 Å². The zero-order valence-electron chi connectivity index (χ0n) is 23.5. The highest BCUT2D eigenvalue weighted by molar-refractivity contribution is 9.09. The van der Waals surface area contributed by atoms with Crippen molar-refractivity contribution in [1.82, 2.24) is 4.90 Å². The smallest absolute Gasteiger partial charge is 0.310 e. The first-order valence-electron chi connectivity index (χ1n) is 14.2. The van der Waals surface area contributed by atoms with Crippen LogP contribution < -0.4 is 4.90 Å². The number of aryl methyl sites for hydroxylation is 2. The van der Waals surface area contributed by atoms with Gasteiger partial charge in [-0.3, -0.25) is 14.4 Å². The highest BCUT2D eigenvalue weighted by Gasteiger charge is 2.76. The number of carbonyl (C=O) groups excluding carboxylic acids is 3. The zero-order chi connectivity index (χ0) is 29.0. The number of ether oxygens (including phenoxy) is 1. The lowest BCUT2D eigenvalue weighted by Gasteiger charge is -2.38. The Labute approximate surface area is 250 Å². The maximum absolute atomic E-state index is 14.7. The summed E-state index contributed by atoms with van der Waals surface area (Å²) in [6.07, 6.45) is 7.74. The van der Waals surface area contributed by atoms with Crippen molar-refractivity contribution in [3.63, 3.8) is 0 Å². The Morgan fingerprint density at radius 3 is 2.55 bits per heavy atom. The monoisotopic (exact) mass is 632 g/mol. The summed E-state index contributed by atoms with van der Waals surface area (Å²) in [6.45, 7) is 12.7. The molecule has 3 aliphatic heterocycles. The molecular weight excluding hydrogens is 592 g/mol. The Bertz CT molecular complexity index is 1120. The van der Waals surface area contributed by atoms with E-state index >= 15 is 0 Å². The van der Waals surface area contributed by atoms with Crippen LogP contribution >= 0.6 is 27.7 Å². The molecule has 40 heavy (non-hydrogen) atoms. The van der Waals surface area contributed by atoms with Gasteiger partial charge in [0.15, 0.2) is 0 Å². The van der Waals surface area contributed by atoms with E-state index in [2.05, 4.69) is 29.1 Å². The number of hydrogen-bond donors (Lipinski definition) is 1. The summed E-state index contributed by atoms with van der Waals surface area (Å²) in [6, 6.07) is 5.25. The average molecular weight is 634 g/mol. The van der Waals surface area contributed by atoms with Gasteiger partial charge in [0, 0.05) is 35.5 Å². The lowest BCUT2D eigenvalue weighted by Crippen LogP contribution is -2.56. The zero-order valence-corrected chi connectivity index (χ0v) is 25.9. The summed E-state index contributed by atoms with van der Waals surface area (Å²) in [5, 5.41) is 9.04. The van der Waals surface area contributed by atoms with Crippen LogP contribution in [0.25, 0.3) is 0 Å². The molecule has 0 aliphatic carbocycles. The summed E-state index contributed by atoms with van der Waals surface area (Å²) in [5.74, 6) is -1.83. The number of likely N-dealkylation sites (tertiary alicyclic amines) is 1. The van der Waals surface area contributed by atoms with Gasteiger partial charge in [-0.15, -0.1) is 24.9 Å². The van der Waals surface area contributed by atoms with E-state index in [1.54, 1.807) is 33.7 Å². The molecule has 3 saturated heterocycles. The van der Waals surface area contributed by atoms with Gasteiger partial charge in [-0.25, -0.2) is 0 Å². The number of esters is 1. The number of nitrogens with zero attached hydrogens (tertiary/aromatic N) is 2. The van der Waals surface area contributed by atoms with Crippen LogP contribution in [0.1, 0.15) is 49.7 Å². The van der Waals surface area contributed by atoms with Gasteiger partial charge in [-0.2, -0.15) is 0 Å². The van der Waals surface area contributed by atoms with Crippen LogP contribution in [0.3, 0.4) is 0 Å². The minimum absolute atomic E-state index is 0.00800. The maximum Gasteiger partial charge on any atom is 0.310 e. The summed E-state index contributed by atoms with van der Waals surface area (Å²) < 4.78 is 4.89. The van der Waals surface area contributed by atoms with Gasteiger partial charge >= 0.3 is 5.97 Å². The fraction of sp³-hybridized carbons (Fsp3) is 0.581. The lowest BCUT2D eigenvalue weighted by molar-refractivity contribution is -0.154. The Hall–Kier alpha value is -2.10. The summed E-state index contributed by atoms with van der Waals surface area (Å²) in [7, 11) is 0. The molecule has 3 fully saturated rings. The van der Waals surface area contributed by atoms with Crippen molar-refractivity contribution < 1.29 is 24.2 Å². The highest BCUT2D eigenvalue weighted by Crippen LogP contribution is 2.68. The van der Waals surface area contributed by atoms with E-state index in [4.69, 9.17) is 4.74 Å². The van der Waals surface area contributed by atoms with Crippen LogP contribution in [0.2, 0.25) is 0 Å². The molecule has 1 aromatic carbocycles. The number of carbonyl (C=O) groups is 3. The molecule has 3 heterocycles. The number of halogens is 1. The van der Waals surface area contributed by atoms with Crippen molar-refractivity contribution >= 4 is 51.2 Å². The Kier molecular flexibility index (Phi) is 10.2. The van der Waals surface area contributed by atoms with E-state index in [0.29, 0.717) is 32.4 Å². The molecule has 6 atom stereocenters. The molecule has 4 rings (SSSR count). The number of unbranched alkanes of at least 4 members (excludes halogenated alkanes) is 3. The first-order valence-corrected chi connectivity index (χ1v) is 16.0. The Morgan fingerprint density at radius 2 is 1.90 bits per heavy atom. The SMILES string of the molecule is C=CCCOC(=O)[C@H]1[C@H]2C(=O)N(CCCCCCO)C(C(=O)N(CC=C)c3c(C)cccc3C)C23CC(Br)[C@@H]1S3. The summed E-state index contributed by atoms with van der Waals surface area (Å²) in [5.41, 5.74) is 2.81. The number of para-hydroxylation sites is 1. The van der Waals surface area contributed by atoms with Crippen molar-refractivity contribution in [1.29, 1.82) is 0 Å². The molecule has 0 aromatic heterocycles. The molecule has 2 amide bonds. The third-order valence-corrected chi connectivity index (χ3v) is 11.7. The Morgan fingerprint density at radius 1 is 1.20 bits per heavy atom. The van der Waals surface area contributed by atoms with Crippen molar-refractivity contribution in [2.75, 3.05) is 31.2 Å². The van der Waals surface area contributed by atoms with E-state index in [-0.39, 0.29) is 41.1 Å². The predicted octanol–water partition coefficient (Wildman–Crippen LogP) is 4.96. The van der Waals surface area contributed by atoms with Crippen LogP contribution in [-0.2, 0) is 19.1 Å². The second kappa shape index (κ2) is 13.3. The average Bonchev–Trinajstić information content (AvgIpc) is 3.51. The Balaban J connectivity index is 1.74. The number of aliphatic hydroxyl groups is 1. The second-order valence-electron chi connectivity index (χ2n) is 11.1. The van der Waals surface area contributed by atoms with Crippen LogP contribution in [0.5, 0.6) is 0 Å². The fourth-order valence-corrected chi connectivity index (χ4v) is 10.4. The predicted molar refractivity (Wildman–Crippen MR) is 164 cm³/mol. The molecule has 0 saturated carbocycles. The van der Waals surface area contributed by atoms with E-state index in [1.807, 2.05) is 32.0 Å². The van der Waals surface area contributed by atoms with Crippen molar-refractivity contribution in [2.24, 2.45) is 11.8 Å². The lowest BCUT2D eigenvalue weighted by atomic mass is 9.71. The van der Waals surface area contributed by atoms with Crippen LogP contribution in [0.15, 0.2) is 43.5 Å². The quantitative estimate of drug-likeness (QED) is 0.135. The van der Waals surface area contributed by atoms with Crippen LogP contribution in [0.4, 0.5) is 5.69 Å². The molecule has 9 heteroatoms. The van der Waals surface area contributed by atoms with Crippen LogP contribution in [0, 0.1) is 25.7 Å². The minimum atomic E-state index is -0.726. The molecule has 218 valence electrons. The number of anilines is 1. The first kappa shape index (κ1) is 30.8. The van der Waals surface area contributed by atoms with Crippen LogP contribution in [-0.4, -0.2) is 75.0 Å². The number of aliphatic hydroxyl groups excluding tert-OH is 1. The van der Waals surface area contributed by atoms with Gasteiger partial charge in [0.25, 0.3) is 5.91 Å². The third kappa shape index (κ3) is 5.53. The molecule has 3 aliphatic rings. The van der Waals surface area contributed by atoms with Crippen molar-refractivity contribution in [2.45, 2.75) is 73.2 Å². The van der Waals surface area contributed by atoms with Crippen molar-refractivity contribution in [3.05, 3.63) is 54.6 Å².